The highest BCUT2D eigenvalue weighted by atomic mass is 16.1. The first-order chi connectivity index (χ1) is 5.74. The van der Waals surface area contributed by atoms with Crippen molar-refractivity contribution in [3.05, 3.63) is 0 Å². The Kier molecular flexibility index (Phi) is 6.02. The van der Waals surface area contributed by atoms with Gasteiger partial charge in [0.25, 0.3) is 0 Å². The molecule has 12 heavy (non-hydrogen) atoms. The van der Waals surface area contributed by atoms with E-state index >= 15 is 0 Å². The van der Waals surface area contributed by atoms with Gasteiger partial charge in [0.2, 0.25) is 5.91 Å². The molecule has 0 aliphatic carbocycles. The van der Waals surface area contributed by atoms with Crippen LogP contribution in [0.1, 0.15) is 13.3 Å². The minimum absolute atomic E-state index is 0.0429. The summed E-state index contributed by atoms with van der Waals surface area (Å²) in [6.07, 6.45) is 0.957. The molecular formula is C8H15N3O. The molecular weight excluding hydrogens is 154 g/mol. The summed E-state index contributed by atoms with van der Waals surface area (Å²) >= 11 is 0. The average molecular weight is 169 g/mol. The lowest BCUT2D eigenvalue weighted by atomic mass is 10.4. The molecule has 0 fully saturated rings. The van der Waals surface area contributed by atoms with Gasteiger partial charge in [-0.2, -0.15) is 5.26 Å². The van der Waals surface area contributed by atoms with Crippen LogP contribution in [0.15, 0.2) is 0 Å². The molecule has 0 aromatic heterocycles. The van der Waals surface area contributed by atoms with E-state index in [1.54, 1.807) is 7.05 Å². The van der Waals surface area contributed by atoms with Crippen molar-refractivity contribution in [2.75, 3.05) is 26.7 Å². The van der Waals surface area contributed by atoms with E-state index in [2.05, 4.69) is 5.32 Å². The average Bonchev–Trinajstić information content (AvgIpc) is 2.05. The van der Waals surface area contributed by atoms with Crippen molar-refractivity contribution in [3.8, 4) is 6.07 Å². The highest BCUT2D eigenvalue weighted by Gasteiger charge is 2.06. The van der Waals surface area contributed by atoms with Crippen molar-refractivity contribution < 1.29 is 4.79 Å². The Morgan fingerprint density at radius 1 is 1.67 bits per heavy atom. The number of nitrogens with one attached hydrogen (secondary N) is 1. The molecule has 0 spiro atoms. The van der Waals surface area contributed by atoms with E-state index < -0.39 is 0 Å². The van der Waals surface area contributed by atoms with Gasteiger partial charge in [-0.1, -0.05) is 6.92 Å². The molecule has 0 saturated heterocycles. The van der Waals surface area contributed by atoms with Crippen LogP contribution in [0.3, 0.4) is 0 Å². The summed E-state index contributed by atoms with van der Waals surface area (Å²) in [6, 6.07) is 2.03. The summed E-state index contributed by atoms with van der Waals surface area (Å²) in [6.45, 7) is 3.45. The first-order valence-corrected chi connectivity index (χ1v) is 4.04. The Bertz CT molecular complexity index is 174. The van der Waals surface area contributed by atoms with Crippen molar-refractivity contribution in [2.24, 2.45) is 0 Å². The van der Waals surface area contributed by atoms with Crippen molar-refractivity contribution in [1.82, 2.24) is 10.2 Å². The van der Waals surface area contributed by atoms with Crippen LogP contribution in [0.4, 0.5) is 0 Å². The molecule has 0 aliphatic heterocycles. The lowest BCUT2D eigenvalue weighted by Gasteiger charge is -2.16. The zero-order chi connectivity index (χ0) is 9.40. The van der Waals surface area contributed by atoms with Crippen LogP contribution in [0, 0.1) is 11.3 Å². The zero-order valence-electron chi connectivity index (χ0n) is 7.63. The number of likely N-dealkylation sites (N-methyl/N-ethyl adjacent to an activating group) is 1. The molecule has 0 radical (unpaired) electrons. The predicted molar refractivity (Wildman–Crippen MR) is 46.4 cm³/mol. The topological polar surface area (TPSA) is 56.1 Å². The third-order valence-corrected chi connectivity index (χ3v) is 1.48. The van der Waals surface area contributed by atoms with Gasteiger partial charge in [0, 0.05) is 7.05 Å². The number of carbonyl (C=O) groups is 1. The van der Waals surface area contributed by atoms with E-state index in [1.165, 1.54) is 0 Å². The minimum atomic E-state index is -0.0429. The SMILES string of the molecule is CCCN(CC#N)CC(=O)NC. The number of hydrogen-bond donors (Lipinski definition) is 1. The molecule has 1 amide bonds. The van der Waals surface area contributed by atoms with E-state index in [1.807, 2.05) is 17.9 Å². The molecule has 0 aromatic rings. The summed E-state index contributed by atoms with van der Waals surface area (Å²) in [5.74, 6) is -0.0429. The molecule has 0 bridgehead atoms. The van der Waals surface area contributed by atoms with Crippen LogP contribution in [-0.2, 0) is 4.79 Å². The minimum Gasteiger partial charge on any atom is -0.358 e. The quantitative estimate of drug-likeness (QED) is 0.588. The third-order valence-electron chi connectivity index (χ3n) is 1.48. The summed E-state index contributed by atoms with van der Waals surface area (Å²) in [5, 5.41) is 10.9. The van der Waals surface area contributed by atoms with Crippen LogP contribution in [-0.4, -0.2) is 37.5 Å². The second-order valence-electron chi connectivity index (χ2n) is 2.54. The smallest absolute Gasteiger partial charge is 0.233 e. The summed E-state index contributed by atoms with van der Waals surface area (Å²) < 4.78 is 0. The van der Waals surface area contributed by atoms with E-state index in [0.29, 0.717) is 13.1 Å². The number of hydrogen-bond acceptors (Lipinski definition) is 3. The molecule has 0 aromatic carbocycles. The largest absolute Gasteiger partial charge is 0.358 e. The van der Waals surface area contributed by atoms with Gasteiger partial charge in [0.15, 0.2) is 0 Å². The fourth-order valence-electron chi connectivity index (χ4n) is 0.912. The first kappa shape index (κ1) is 10.9. The highest BCUT2D eigenvalue weighted by Crippen LogP contribution is 1.89. The predicted octanol–water partition coefficient (Wildman–Crippen LogP) is -0.0320. The van der Waals surface area contributed by atoms with Crippen LogP contribution < -0.4 is 5.32 Å². The Balaban J connectivity index is 3.78. The molecule has 4 nitrogen and oxygen atoms in total. The van der Waals surface area contributed by atoms with Crippen LogP contribution >= 0.6 is 0 Å². The zero-order valence-corrected chi connectivity index (χ0v) is 7.63. The first-order valence-electron chi connectivity index (χ1n) is 4.04. The summed E-state index contributed by atoms with van der Waals surface area (Å²) in [5.41, 5.74) is 0. The van der Waals surface area contributed by atoms with E-state index in [0.717, 1.165) is 13.0 Å². The van der Waals surface area contributed by atoms with Crippen molar-refractivity contribution >= 4 is 5.91 Å². The lowest BCUT2D eigenvalue weighted by Crippen LogP contribution is -2.36. The number of carbonyl (C=O) groups excluding carboxylic acids is 1. The van der Waals surface area contributed by atoms with Gasteiger partial charge < -0.3 is 5.32 Å². The molecule has 4 heteroatoms. The molecule has 0 atom stereocenters. The molecule has 0 aliphatic rings. The third kappa shape index (κ3) is 4.69. The maximum atomic E-state index is 10.9. The van der Waals surface area contributed by atoms with Crippen molar-refractivity contribution in [3.63, 3.8) is 0 Å². The van der Waals surface area contributed by atoms with E-state index in [-0.39, 0.29) is 5.91 Å². The maximum absolute atomic E-state index is 10.9. The van der Waals surface area contributed by atoms with Crippen molar-refractivity contribution in [1.29, 1.82) is 5.26 Å². The van der Waals surface area contributed by atoms with Crippen molar-refractivity contribution in [2.45, 2.75) is 13.3 Å². The Hall–Kier alpha value is -1.08. The van der Waals surface area contributed by atoms with Crippen LogP contribution in [0.25, 0.3) is 0 Å². The van der Waals surface area contributed by atoms with Gasteiger partial charge in [-0.05, 0) is 13.0 Å². The summed E-state index contributed by atoms with van der Waals surface area (Å²) in [4.78, 5) is 12.7. The standard InChI is InChI=1S/C8H15N3O/c1-3-5-11(6-4-9)7-8(12)10-2/h3,5-7H2,1-2H3,(H,10,12). The van der Waals surface area contributed by atoms with Gasteiger partial charge in [0.05, 0.1) is 19.2 Å². The Morgan fingerprint density at radius 3 is 2.75 bits per heavy atom. The molecule has 0 unspecified atom stereocenters. The molecule has 1 N–H and O–H groups in total. The Labute approximate surface area is 73.2 Å². The van der Waals surface area contributed by atoms with Gasteiger partial charge in [0.1, 0.15) is 0 Å². The number of rotatable bonds is 5. The van der Waals surface area contributed by atoms with E-state index in [9.17, 15) is 4.79 Å². The second kappa shape index (κ2) is 6.62. The van der Waals surface area contributed by atoms with Gasteiger partial charge in [-0.3, -0.25) is 9.69 Å². The highest BCUT2D eigenvalue weighted by molar-refractivity contribution is 5.77. The van der Waals surface area contributed by atoms with Crippen LogP contribution in [0.5, 0.6) is 0 Å². The normalized spacial score (nSPS) is 9.50. The maximum Gasteiger partial charge on any atom is 0.233 e. The molecule has 68 valence electrons. The number of nitriles is 1. The Morgan fingerprint density at radius 2 is 2.33 bits per heavy atom. The second-order valence-corrected chi connectivity index (χ2v) is 2.54. The fraction of sp³-hybridized carbons (Fsp3) is 0.750. The monoisotopic (exact) mass is 169 g/mol. The fourth-order valence-corrected chi connectivity index (χ4v) is 0.912. The van der Waals surface area contributed by atoms with Gasteiger partial charge in [-0.25, -0.2) is 0 Å². The molecule has 0 rings (SSSR count). The molecule has 0 saturated carbocycles. The summed E-state index contributed by atoms with van der Waals surface area (Å²) in [7, 11) is 1.60. The van der Waals surface area contributed by atoms with Gasteiger partial charge >= 0.3 is 0 Å². The van der Waals surface area contributed by atoms with E-state index in [4.69, 9.17) is 5.26 Å². The molecule has 0 heterocycles. The van der Waals surface area contributed by atoms with Gasteiger partial charge in [-0.15, -0.1) is 0 Å². The lowest BCUT2D eigenvalue weighted by molar-refractivity contribution is -0.121. The number of nitrogens with zero attached hydrogens (tertiary/aromatic N) is 2. The van der Waals surface area contributed by atoms with Crippen LogP contribution in [0.2, 0.25) is 0 Å². The number of amides is 1.